The average molecular weight is 292 g/mol. The Morgan fingerprint density at radius 1 is 0.833 bits per heavy atom. The van der Waals surface area contributed by atoms with Crippen LogP contribution in [0.2, 0.25) is 0 Å². The van der Waals surface area contributed by atoms with Crippen LogP contribution in [0.15, 0.2) is 0 Å². The molecule has 0 aromatic heterocycles. The molecule has 0 amide bonds. The second-order valence-electron chi connectivity index (χ2n) is 4.73. The molecule has 7 nitrogen and oxygen atoms in total. The van der Waals surface area contributed by atoms with Crippen molar-refractivity contribution in [2.45, 2.75) is 18.3 Å². The zero-order valence-electron chi connectivity index (χ0n) is 11.1. The Morgan fingerprint density at radius 3 is 1.28 bits per heavy atom. The lowest BCUT2D eigenvalue weighted by molar-refractivity contribution is -0.870. The van der Waals surface area contributed by atoms with Gasteiger partial charge in [0.15, 0.2) is 0 Å². The molecule has 0 radical (unpaired) electrons. The van der Waals surface area contributed by atoms with Crippen molar-refractivity contribution in [3.05, 3.63) is 0 Å². The van der Waals surface area contributed by atoms with E-state index >= 15 is 0 Å². The first kappa shape index (κ1) is 23.1. The highest BCUT2D eigenvalue weighted by Crippen LogP contribution is 1.98. The van der Waals surface area contributed by atoms with Crippen LogP contribution >= 0.6 is 0 Å². The van der Waals surface area contributed by atoms with Crippen molar-refractivity contribution in [2.24, 2.45) is 0 Å². The van der Waals surface area contributed by atoms with E-state index in [9.17, 15) is 0 Å². The molecule has 0 aliphatic heterocycles. The van der Waals surface area contributed by atoms with Gasteiger partial charge in [0.2, 0.25) is 0 Å². The Morgan fingerprint density at radius 2 is 1.17 bits per heavy atom. The van der Waals surface area contributed by atoms with Gasteiger partial charge in [-0.1, -0.05) is 0 Å². The Labute approximate surface area is 114 Å². The number of rotatable bonds is 6. The van der Waals surface area contributed by atoms with Gasteiger partial charge < -0.3 is 47.5 Å². The van der Waals surface area contributed by atoms with E-state index in [1.54, 1.807) is 0 Å². The second kappa shape index (κ2) is 12.1. The minimum atomic E-state index is -1.49. The molecule has 0 aromatic rings. The van der Waals surface area contributed by atoms with Gasteiger partial charge in [0.1, 0.15) is 24.9 Å². The highest BCUT2D eigenvalue weighted by molar-refractivity contribution is 4.73. The summed E-state index contributed by atoms with van der Waals surface area (Å²) in [6, 6.07) is 0. The Balaban J connectivity index is -0.000000251. The molecule has 114 valence electrons. The Bertz CT molecular complexity index is 168. The van der Waals surface area contributed by atoms with Crippen LogP contribution in [0, 0.1) is 0 Å². The fourth-order valence-corrected chi connectivity index (χ4v) is 0.772. The summed E-state index contributed by atoms with van der Waals surface area (Å²) in [4.78, 5) is 0. The average Bonchev–Trinajstić information content (AvgIpc) is 2.25. The molecule has 0 bridgehead atoms. The predicted octanol–water partition coefficient (Wildman–Crippen LogP) is -6.26. The maximum atomic E-state index is 8.77. The summed E-state index contributed by atoms with van der Waals surface area (Å²) < 4.78 is 0.844. The summed E-state index contributed by atoms with van der Waals surface area (Å²) in [5, 5.41) is 51.0. The molecule has 0 unspecified atom stereocenters. The monoisotopic (exact) mass is 291 g/mol. The molecule has 0 heterocycles. The third kappa shape index (κ3) is 14.1. The normalized spacial score (nSPS) is 15.8. The van der Waals surface area contributed by atoms with Crippen LogP contribution in [0.25, 0.3) is 0 Å². The SMILES string of the molecule is C[N+](C)(C)CCO.OC[C@@H](O)[C@@H](O)[C@@H](O)CO.[Cl-]. The lowest BCUT2D eigenvalue weighted by Crippen LogP contribution is -3.00. The van der Waals surface area contributed by atoms with Gasteiger partial charge in [0.05, 0.1) is 41.0 Å². The summed E-state index contributed by atoms with van der Waals surface area (Å²) in [6.07, 6.45) is -4.29. The van der Waals surface area contributed by atoms with E-state index in [4.69, 9.17) is 30.6 Å². The summed E-state index contributed by atoms with van der Waals surface area (Å²) in [5.41, 5.74) is 0. The van der Waals surface area contributed by atoms with Crippen LogP contribution in [0.3, 0.4) is 0 Å². The summed E-state index contributed by atoms with van der Waals surface area (Å²) >= 11 is 0. The van der Waals surface area contributed by atoms with Crippen LogP contribution in [0.4, 0.5) is 0 Å². The Hall–Kier alpha value is 0.01000. The van der Waals surface area contributed by atoms with Gasteiger partial charge in [0, 0.05) is 0 Å². The van der Waals surface area contributed by atoms with E-state index in [1.807, 2.05) is 0 Å². The number of quaternary nitrogens is 1. The van der Waals surface area contributed by atoms with Crippen molar-refractivity contribution < 1.29 is 47.5 Å². The zero-order chi connectivity index (χ0) is 14.1. The number of hydrogen-bond acceptors (Lipinski definition) is 6. The molecule has 0 saturated heterocycles. The van der Waals surface area contributed by atoms with E-state index in [1.165, 1.54) is 0 Å². The smallest absolute Gasteiger partial charge is 0.110 e. The molecule has 0 fully saturated rings. The minimum absolute atomic E-state index is 0. The van der Waals surface area contributed by atoms with Crippen LogP contribution in [-0.2, 0) is 0 Å². The van der Waals surface area contributed by atoms with Crippen molar-refractivity contribution in [3.63, 3.8) is 0 Å². The first-order chi connectivity index (χ1) is 7.69. The molecule has 6 N–H and O–H groups in total. The molecule has 3 atom stereocenters. The van der Waals surface area contributed by atoms with Crippen LogP contribution in [0.5, 0.6) is 0 Å². The standard InChI is InChI=1S/C5H14NO.C5H12O5.ClH/c1-6(2,3)4-5-7;6-1-3(8)5(10)4(9)2-7;/h7H,4-5H2,1-3H3;3-10H,1-2H2;1H/q+1;;/p-1/t;3-,4+,5-;. The van der Waals surface area contributed by atoms with Gasteiger partial charge in [-0.3, -0.25) is 0 Å². The molecule has 0 saturated carbocycles. The first-order valence-corrected chi connectivity index (χ1v) is 5.36. The van der Waals surface area contributed by atoms with E-state index in [0.29, 0.717) is 0 Å². The molecular weight excluding hydrogens is 266 g/mol. The molecular formula is C10H26ClNO6. The highest BCUT2D eigenvalue weighted by Gasteiger charge is 2.22. The van der Waals surface area contributed by atoms with Crippen LogP contribution < -0.4 is 12.4 Å². The first-order valence-electron chi connectivity index (χ1n) is 5.36. The Kier molecular flexibility index (Phi) is 15.5. The lowest BCUT2D eigenvalue weighted by Gasteiger charge is -2.21. The molecule has 0 aromatic carbocycles. The molecule has 0 aliphatic rings. The maximum absolute atomic E-state index is 8.77. The number of halogens is 1. The van der Waals surface area contributed by atoms with Crippen molar-refractivity contribution >= 4 is 0 Å². The second-order valence-corrected chi connectivity index (χ2v) is 4.73. The van der Waals surface area contributed by atoms with Gasteiger partial charge in [-0.2, -0.15) is 0 Å². The fourth-order valence-electron chi connectivity index (χ4n) is 0.772. The maximum Gasteiger partial charge on any atom is 0.110 e. The third-order valence-corrected chi connectivity index (χ3v) is 1.93. The topological polar surface area (TPSA) is 121 Å². The number of hydrogen-bond donors (Lipinski definition) is 6. The minimum Gasteiger partial charge on any atom is -1.00 e. The quantitative estimate of drug-likeness (QED) is 0.271. The summed E-state index contributed by atoms with van der Waals surface area (Å²) in [6.45, 7) is -0.167. The van der Waals surface area contributed by atoms with Gasteiger partial charge >= 0.3 is 0 Å². The third-order valence-electron chi connectivity index (χ3n) is 1.93. The van der Waals surface area contributed by atoms with Gasteiger partial charge in [0.25, 0.3) is 0 Å². The predicted molar refractivity (Wildman–Crippen MR) is 62.2 cm³/mol. The molecule has 0 spiro atoms. The van der Waals surface area contributed by atoms with Gasteiger partial charge in [-0.05, 0) is 0 Å². The van der Waals surface area contributed by atoms with E-state index in [-0.39, 0.29) is 19.0 Å². The summed E-state index contributed by atoms with van der Waals surface area (Å²) in [7, 11) is 6.16. The van der Waals surface area contributed by atoms with Crippen molar-refractivity contribution in [2.75, 3.05) is 47.5 Å². The molecule has 0 aliphatic carbocycles. The molecule has 0 rings (SSSR count). The zero-order valence-corrected chi connectivity index (χ0v) is 11.8. The van der Waals surface area contributed by atoms with Gasteiger partial charge in [-0.15, -0.1) is 0 Å². The van der Waals surface area contributed by atoms with Crippen molar-refractivity contribution in [1.29, 1.82) is 0 Å². The van der Waals surface area contributed by atoms with E-state index < -0.39 is 31.5 Å². The lowest BCUT2D eigenvalue weighted by atomic mass is 10.1. The van der Waals surface area contributed by atoms with E-state index in [2.05, 4.69) is 21.1 Å². The summed E-state index contributed by atoms with van der Waals surface area (Å²) in [5.74, 6) is 0. The fraction of sp³-hybridized carbons (Fsp3) is 1.00. The van der Waals surface area contributed by atoms with Crippen LogP contribution in [0.1, 0.15) is 0 Å². The van der Waals surface area contributed by atoms with Gasteiger partial charge in [-0.25, -0.2) is 0 Å². The number of likely N-dealkylation sites (N-methyl/N-ethyl adjacent to an activating group) is 1. The largest absolute Gasteiger partial charge is 1.00 e. The number of aliphatic hydroxyl groups is 6. The molecule has 8 heteroatoms. The molecule has 18 heavy (non-hydrogen) atoms. The van der Waals surface area contributed by atoms with Crippen molar-refractivity contribution in [3.8, 4) is 0 Å². The van der Waals surface area contributed by atoms with E-state index in [0.717, 1.165) is 11.0 Å². The number of nitrogens with zero attached hydrogens (tertiary/aromatic N) is 1. The highest BCUT2D eigenvalue weighted by atomic mass is 35.5. The van der Waals surface area contributed by atoms with Crippen LogP contribution in [-0.4, -0.2) is 101 Å². The van der Waals surface area contributed by atoms with Crippen molar-refractivity contribution in [1.82, 2.24) is 0 Å². The number of aliphatic hydroxyl groups excluding tert-OH is 6.